The average molecular weight is 586 g/mol. The van der Waals surface area contributed by atoms with E-state index >= 15 is 0 Å². The van der Waals surface area contributed by atoms with Crippen LogP contribution in [0.3, 0.4) is 0 Å². The van der Waals surface area contributed by atoms with Crippen LogP contribution in [-0.2, 0) is 0 Å². The Morgan fingerprint density at radius 2 is 1.77 bits per heavy atom. The largest absolute Gasteiger partial charge is 0.373 e. The molecule has 1 saturated heterocycles. The Kier molecular flexibility index (Phi) is 15.1. The van der Waals surface area contributed by atoms with Crippen LogP contribution >= 0.6 is 0 Å². The van der Waals surface area contributed by atoms with E-state index in [9.17, 15) is 4.79 Å². The molecule has 0 spiro atoms. The topological polar surface area (TPSA) is 70.5 Å². The second-order valence-electron chi connectivity index (χ2n) is 11.4. The Hall–Kier alpha value is -3.54. The summed E-state index contributed by atoms with van der Waals surface area (Å²) in [7, 11) is 1.89. The van der Waals surface area contributed by atoms with Crippen LogP contribution in [0.4, 0.5) is 11.6 Å². The van der Waals surface area contributed by atoms with Crippen molar-refractivity contribution in [1.29, 1.82) is 0 Å². The molecule has 0 aromatic carbocycles. The summed E-state index contributed by atoms with van der Waals surface area (Å²) in [6.45, 7) is 19.3. The maximum atomic E-state index is 10.8. The molecule has 0 bridgehead atoms. The highest BCUT2D eigenvalue weighted by atomic mass is 16.1. The van der Waals surface area contributed by atoms with Gasteiger partial charge in [-0.15, -0.1) is 0 Å². The van der Waals surface area contributed by atoms with Crippen LogP contribution in [-0.4, -0.2) is 48.6 Å². The fraction of sp³-hybridized carbons (Fsp3) is 0.514. The smallest absolute Gasteiger partial charge is 0.150 e. The van der Waals surface area contributed by atoms with E-state index in [1.807, 2.05) is 39.4 Å². The molecule has 234 valence electrons. The molecule has 6 heteroatoms. The number of rotatable bonds is 10. The molecule has 2 aromatic rings. The fourth-order valence-corrected chi connectivity index (χ4v) is 5.71. The van der Waals surface area contributed by atoms with E-state index < -0.39 is 0 Å². The predicted molar refractivity (Wildman–Crippen MR) is 187 cm³/mol. The average Bonchev–Trinajstić information content (AvgIpc) is 3.02. The summed E-state index contributed by atoms with van der Waals surface area (Å²) in [5.41, 5.74) is 3.60. The van der Waals surface area contributed by atoms with Gasteiger partial charge in [0.2, 0.25) is 0 Å². The molecule has 0 saturated carbocycles. The number of anilines is 2. The summed E-state index contributed by atoms with van der Waals surface area (Å²) in [6.07, 6.45) is 21.5. The van der Waals surface area contributed by atoms with E-state index in [0.717, 1.165) is 37.4 Å². The molecule has 0 amide bonds. The number of aromatic nitrogens is 2. The van der Waals surface area contributed by atoms with Crippen LogP contribution in [0.25, 0.3) is 12.2 Å². The van der Waals surface area contributed by atoms with E-state index in [1.54, 1.807) is 12.3 Å². The van der Waals surface area contributed by atoms with Gasteiger partial charge in [0.25, 0.3) is 0 Å². The van der Waals surface area contributed by atoms with Crippen LogP contribution in [0.15, 0.2) is 58.9 Å². The van der Waals surface area contributed by atoms with E-state index in [1.165, 1.54) is 47.3 Å². The highest BCUT2D eigenvalue weighted by Crippen LogP contribution is 2.41. The van der Waals surface area contributed by atoms with E-state index in [4.69, 9.17) is 0 Å². The molecule has 2 unspecified atom stereocenters. The summed E-state index contributed by atoms with van der Waals surface area (Å²) >= 11 is 0. The van der Waals surface area contributed by atoms with E-state index in [2.05, 4.69) is 97.1 Å². The molecular weight excluding hydrogens is 530 g/mol. The van der Waals surface area contributed by atoms with Crippen molar-refractivity contribution < 1.29 is 4.79 Å². The Labute approximate surface area is 260 Å². The van der Waals surface area contributed by atoms with Gasteiger partial charge in [-0.2, -0.15) is 0 Å². The SMILES string of the molecule is CC.CCCC1(CCC)CN(c2cc(C=O)ccn2)C1.C\C=C(/C=c1/cc(NC)nc/c1=C\CC)C1=CC(C)C(C)N=C1. The zero-order chi connectivity index (χ0) is 31.8. The normalized spacial score (nSPS) is 19.8. The monoisotopic (exact) mass is 585 g/mol. The Bertz CT molecular complexity index is 1360. The number of allylic oxidation sites excluding steroid dienone is 3. The van der Waals surface area contributed by atoms with Gasteiger partial charge >= 0.3 is 0 Å². The van der Waals surface area contributed by atoms with Gasteiger partial charge in [0.05, 0.1) is 6.04 Å². The number of nitrogens with zero attached hydrogens (tertiary/aromatic N) is 4. The highest BCUT2D eigenvalue weighted by Gasteiger charge is 2.41. The number of dihydropyridines is 1. The number of aliphatic imine (C=N–C) groups is 1. The standard InChI is InChI=1S/C20H27N3.C15H22N2O.C2H6/c1-6-8-17-12-23-20(21-5)11-18(17)10-16(7-2)19-9-14(3)15(4)22-13-19;1-3-6-15(7-4-2)11-17(12-15)14-9-13(10-18)5-8-16-14;1-2/h7-15,21H,6H2,1-5H3;5,8-10H,3-4,6-7,11-12H2,1-2H3;1-2H3/b16-7+,17-8+,18-10-;;. The second-order valence-corrected chi connectivity index (χ2v) is 11.4. The van der Waals surface area contributed by atoms with E-state index in [0.29, 0.717) is 22.9 Å². The van der Waals surface area contributed by atoms with Crippen LogP contribution in [0.5, 0.6) is 0 Å². The number of carbonyl (C=O) groups is 1. The lowest BCUT2D eigenvalue weighted by molar-refractivity contribution is 0.112. The molecule has 6 nitrogen and oxygen atoms in total. The minimum absolute atomic E-state index is 0.359. The summed E-state index contributed by atoms with van der Waals surface area (Å²) in [5, 5.41) is 5.46. The molecule has 4 heterocycles. The molecule has 2 atom stereocenters. The van der Waals surface area contributed by atoms with Gasteiger partial charge in [-0.25, -0.2) is 9.97 Å². The van der Waals surface area contributed by atoms with Crippen molar-refractivity contribution in [1.82, 2.24) is 9.97 Å². The van der Waals surface area contributed by atoms with Crippen molar-refractivity contribution in [2.24, 2.45) is 16.3 Å². The van der Waals surface area contributed by atoms with Crippen LogP contribution in [0.2, 0.25) is 0 Å². The van der Waals surface area contributed by atoms with Gasteiger partial charge in [0, 0.05) is 49.7 Å². The molecule has 1 fully saturated rings. The van der Waals surface area contributed by atoms with Crippen molar-refractivity contribution >= 4 is 36.3 Å². The molecule has 0 aliphatic carbocycles. The lowest BCUT2D eigenvalue weighted by Gasteiger charge is -2.51. The quantitative estimate of drug-likeness (QED) is 0.294. The first kappa shape index (κ1) is 35.7. The Morgan fingerprint density at radius 1 is 1.07 bits per heavy atom. The molecule has 2 aliphatic heterocycles. The van der Waals surface area contributed by atoms with Crippen molar-refractivity contribution in [3.8, 4) is 0 Å². The van der Waals surface area contributed by atoms with Gasteiger partial charge in [-0.05, 0) is 84.9 Å². The fourth-order valence-electron chi connectivity index (χ4n) is 5.71. The summed E-state index contributed by atoms with van der Waals surface area (Å²) in [4.78, 5) is 26.5. The summed E-state index contributed by atoms with van der Waals surface area (Å²) in [5.74, 6) is 2.29. The molecule has 0 radical (unpaired) electrons. The second kappa shape index (κ2) is 18.2. The molecule has 2 aromatic heterocycles. The number of carbonyl (C=O) groups excluding carboxylic acids is 1. The predicted octanol–water partition coefficient (Wildman–Crippen LogP) is 7.40. The molecule has 1 N–H and O–H groups in total. The van der Waals surface area contributed by atoms with Gasteiger partial charge in [0.1, 0.15) is 17.9 Å². The molecule has 2 aliphatic rings. The minimum Gasteiger partial charge on any atom is -0.373 e. The molecular formula is C37H55N5O. The van der Waals surface area contributed by atoms with Crippen molar-refractivity contribution in [3.05, 3.63) is 69.9 Å². The number of hydrogen-bond donors (Lipinski definition) is 1. The van der Waals surface area contributed by atoms with E-state index in [-0.39, 0.29) is 0 Å². The first-order valence-electron chi connectivity index (χ1n) is 16.3. The van der Waals surface area contributed by atoms with Gasteiger partial charge in [-0.3, -0.25) is 9.79 Å². The van der Waals surface area contributed by atoms with Gasteiger partial charge < -0.3 is 10.2 Å². The lowest BCUT2D eigenvalue weighted by atomic mass is 9.72. The zero-order valence-corrected chi connectivity index (χ0v) is 28.2. The summed E-state index contributed by atoms with van der Waals surface area (Å²) < 4.78 is 0. The lowest BCUT2D eigenvalue weighted by Crippen LogP contribution is -2.56. The number of aldehydes is 1. The van der Waals surface area contributed by atoms with Crippen LogP contribution < -0.4 is 20.7 Å². The number of hydrogen-bond acceptors (Lipinski definition) is 6. The van der Waals surface area contributed by atoms with Crippen molar-refractivity contribution in [3.63, 3.8) is 0 Å². The molecule has 4 rings (SSSR count). The number of pyridine rings is 2. The third kappa shape index (κ3) is 10.0. The Morgan fingerprint density at radius 3 is 2.33 bits per heavy atom. The van der Waals surface area contributed by atoms with Crippen molar-refractivity contribution in [2.45, 2.75) is 93.5 Å². The zero-order valence-electron chi connectivity index (χ0n) is 28.2. The maximum absolute atomic E-state index is 10.8. The highest BCUT2D eigenvalue weighted by molar-refractivity contribution is 5.90. The van der Waals surface area contributed by atoms with Crippen LogP contribution in [0, 0.1) is 11.3 Å². The van der Waals surface area contributed by atoms with Crippen LogP contribution in [0.1, 0.15) is 97.9 Å². The van der Waals surface area contributed by atoms with Crippen molar-refractivity contribution in [2.75, 3.05) is 30.4 Å². The first-order valence-corrected chi connectivity index (χ1v) is 16.3. The third-order valence-electron chi connectivity index (χ3n) is 8.10. The number of nitrogens with one attached hydrogen (secondary N) is 1. The Balaban J connectivity index is 0.000000291. The maximum Gasteiger partial charge on any atom is 0.150 e. The third-order valence-corrected chi connectivity index (χ3v) is 8.10. The van der Waals surface area contributed by atoms with Gasteiger partial charge in [0.15, 0.2) is 0 Å². The van der Waals surface area contributed by atoms with Gasteiger partial charge in [-0.1, -0.05) is 72.6 Å². The summed E-state index contributed by atoms with van der Waals surface area (Å²) in [6, 6.07) is 6.09. The minimum atomic E-state index is 0.359. The first-order chi connectivity index (χ1) is 20.8. The molecule has 43 heavy (non-hydrogen) atoms.